The molecule has 3 nitrogen and oxygen atoms in total. The summed E-state index contributed by atoms with van der Waals surface area (Å²) >= 11 is 0. The van der Waals surface area contributed by atoms with Crippen LogP contribution in [0.4, 0.5) is 0 Å². The summed E-state index contributed by atoms with van der Waals surface area (Å²) in [6.45, 7) is 4.35. The summed E-state index contributed by atoms with van der Waals surface area (Å²) in [6, 6.07) is 1.29. The molecule has 0 aromatic heterocycles. The molecular formula is C8H20N3. The summed E-state index contributed by atoms with van der Waals surface area (Å²) in [5.74, 6) is 0.546. The molecule has 0 amide bonds. The van der Waals surface area contributed by atoms with Gasteiger partial charge < -0.3 is 16.0 Å². The molecule has 0 atom stereocenters. The molecule has 0 aliphatic carbocycles. The Morgan fingerprint density at radius 1 is 1.00 bits per heavy atom. The van der Waals surface area contributed by atoms with Crippen molar-refractivity contribution in [3.63, 3.8) is 0 Å². The molecule has 0 saturated carbocycles. The molecule has 0 rings (SSSR count). The molecule has 1 radical (unpaired) electrons. The topological polar surface area (TPSA) is 36.1 Å². The summed E-state index contributed by atoms with van der Waals surface area (Å²) < 4.78 is 0. The van der Waals surface area contributed by atoms with Crippen molar-refractivity contribution in [1.29, 1.82) is 0 Å². The average molecular weight is 158 g/mol. The van der Waals surface area contributed by atoms with Crippen LogP contribution in [0.25, 0.3) is 0 Å². The van der Waals surface area contributed by atoms with E-state index in [0.29, 0.717) is 5.92 Å². The van der Waals surface area contributed by atoms with Gasteiger partial charge in [0.05, 0.1) is 12.2 Å². The van der Waals surface area contributed by atoms with E-state index in [1.54, 1.807) is 0 Å². The maximum Gasteiger partial charge on any atom is 0.0776 e. The fourth-order valence-electron chi connectivity index (χ4n) is 1.22. The smallest absolute Gasteiger partial charge is 0.0776 e. The quantitative estimate of drug-likeness (QED) is 0.499. The second kappa shape index (κ2) is 5.52. The number of nitrogens with one attached hydrogen (secondary N) is 3. The Bertz CT molecular complexity index is 89.3. The molecule has 0 bridgehead atoms. The van der Waals surface area contributed by atoms with Crippen LogP contribution in [0.2, 0.25) is 0 Å². The molecule has 0 unspecified atom stereocenters. The molecule has 0 saturated heterocycles. The third kappa shape index (κ3) is 3.18. The zero-order valence-corrected chi connectivity index (χ0v) is 8.15. The maximum atomic E-state index is 3.20. The number of hydrogen-bond acceptors (Lipinski definition) is 3. The van der Waals surface area contributed by atoms with Crippen molar-refractivity contribution < 1.29 is 0 Å². The van der Waals surface area contributed by atoms with Crippen LogP contribution in [0.15, 0.2) is 0 Å². The Kier molecular flexibility index (Phi) is 5.46. The fraction of sp³-hybridized carbons (Fsp3) is 0.875. The Labute approximate surface area is 69.9 Å². The van der Waals surface area contributed by atoms with Crippen LogP contribution in [0.5, 0.6) is 0 Å². The van der Waals surface area contributed by atoms with Gasteiger partial charge in [-0.1, -0.05) is 13.8 Å². The van der Waals surface area contributed by atoms with Gasteiger partial charge in [0.25, 0.3) is 0 Å². The zero-order chi connectivity index (χ0) is 8.85. The highest BCUT2D eigenvalue weighted by atomic mass is 15.1. The molecule has 0 heterocycles. The summed E-state index contributed by atoms with van der Waals surface area (Å²) in [6.07, 6.45) is 0.264. The molecule has 0 aromatic rings. The minimum Gasteiger partial charge on any atom is -0.310 e. The SMILES string of the molecule is CN[C](C(C)C)C(NC)NC. The van der Waals surface area contributed by atoms with Crippen LogP contribution < -0.4 is 16.0 Å². The molecule has 3 heteroatoms. The molecule has 3 N–H and O–H groups in total. The Morgan fingerprint density at radius 3 is 1.55 bits per heavy atom. The predicted octanol–water partition coefficient (Wildman–Crippen LogP) is 0.159. The van der Waals surface area contributed by atoms with Crippen LogP contribution in [0, 0.1) is 12.0 Å². The fourth-order valence-corrected chi connectivity index (χ4v) is 1.22. The van der Waals surface area contributed by atoms with E-state index in [4.69, 9.17) is 0 Å². The van der Waals surface area contributed by atoms with E-state index in [-0.39, 0.29) is 6.17 Å². The van der Waals surface area contributed by atoms with Crippen molar-refractivity contribution in [3.8, 4) is 0 Å². The normalized spacial score (nSPS) is 12.0. The van der Waals surface area contributed by atoms with Gasteiger partial charge in [0.15, 0.2) is 0 Å². The lowest BCUT2D eigenvalue weighted by Gasteiger charge is -2.28. The van der Waals surface area contributed by atoms with Gasteiger partial charge >= 0.3 is 0 Å². The lowest BCUT2D eigenvalue weighted by atomic mass is 10.0. The molecular weight excluding hydrogens is 138 g/mol. The Morgan fingerprint density at radius 2 is 1.45 bits per heavy atom. The summed E-state index contributed by atoms with van der Waals surface area (Å²) in [7, 11) is 5.85. The standard InChI is InChI=1S/C8H20N3/c1-6(2)7(9-3)8(10-4)11-5/h6,8-11H,1-5H3. The molecule has 0 aliphatic rings. The van der Waals surface area contributed by atoms with Crippen LogP contribution in [-0.2, 0) is 0 Å². The average Bonchev–Trinajstić information content (AvgIpc) is 1.99. The van der Waals surface area contributed by atoms with Crippen LogP contribution in [-0.4, -0.2) is 27.3 Å². The first-order valence-electron chi connectivity index (χ1n) is 4.06. The first kappa shape index (κ1) is 10.9. The van der Waals surface area contributed by atoms with E-state index in [9.17, 15) is 0 Å². The van der Waals surface area contributed by atoms with E-state index in [1.807, 2.05) is 21.1 Å². The van der Waals surface area contributed by atoms with Gasteiger partial charge in [0.2, 0.25) is 0 Å². The second-order valence-corrected chi connectivity index (χ2v) is 2.87. The summed E-state index contributed by atoms with van der Waals surface area (Å²) in [5.41, 5.74) is 0. The monoisotopic (exact) mass is 158 g/mol. The maximum absolute atomic E-state index is 3.20. The van der Waals surface area contributed by atoms with Crippen LogP contribution >= 0.6 is 0 Å². The molecule has 0 fully saturated rings. The third-order valence-corrected chi connectivity index (χ3v) is 1.80. The lowest BCUT2D eigenvalue weighted by molar-refractivity contribution is 0.401. The number of hydrogen-bond donors (Lipinski definition) is 3. The van der Waals surface area contributed by atoms with E-state index in [1.165, 1.54) is 6.04 Å². The number of likely N-dealkylation sites (N-methyl/N-ethyl adjacent to an activating group) is 3. The van der Waals surface area contributed by atoms with Gasteiger partial charge in [-0.15, -0.1) is 0 Å². The summed E-state index contributed by atoms with van der Waals surface area (Å²) in [4.78, 5) is 0. The molecule has 11 heavy (non-hydrogen) atoms. The van der Waals surface area contributed by atoms with Gasteiger partial charge in [-0.2, -0.15) is 0 Å². The van der Waals surface area contributed by atoms with Crippen molar-refractivity contribution in [1.82, 2.24) is 16.0 Å². The van der Waals surface area contributed by atoms with Crippen molar-refractivity contribution in [2.45, 2.75) is 20.0 Å². The summed E-state index contributed by atoms with van der Waals surface area (Å²) in [5, 5.41) is 9.54. The van der Waals surface area contributed by atoms with E-state index >= 15 is 0 Å². The molecule has 0 aliphatic heterocycles. The van der Waals surface area contributed by atoms with Gasteiger partial charge in [0.1, 0.15) is 0 Å². The van der Waals surface area contributed by atoms with E-state index in [2.05, 4.69) is 29.8 Å². The predicted molar refractivity (Wildman–Crippen MR) is 49.0 cm³/mol. The minimum absolute atomic E-state index is 0.264. The highest BCUT2D eigenvalue weighted by Gasteiger charge is 2.20. The van der Waals surface area contributed by atoms with E-state index in [0.717, 1.165) is 0 Å². The van der Waals surface area contributed by atoms with Gasteiger partial charge in [-0.05, 0) is 27.1 Å². The second-order valence-electron chi connectivity index (χ2n) is 2.87. The van der Waals surface area contributed by atoms with E-state index < -0.39 is 0 Å². The molecule has 0 spiro atoms. The Balaban J connectivity index is 3.98. The van der Waals surface area contributed by atoms with Gasteiger partial charge in [-0.3, -0.25) is 0 Å². The van der Waals surface area contributed by atoms with Crippen molar-refractivity contribution in [3.05, 3.63) is 6.04 Å². The van der Waals surface area contributed by atoms with Crippen LogP contribution in [0.3, 0.4) is 0 Å². The van der Waals surface area contributed by atoms with Crippen molar-refractivity contribution >= 4 is 0 Å². The van der Waals surface area contributed by atoms with Crippen LogP contribution in [0.1, 0.15) is 13.8 Å². The van der Waals surface area contributed by atoms with Gasteiger partial charge in [-0.25, -0.2) is 0 Å². The highest BCUT2D eigenvalue weighted by Crippen LogP contribution is 2.11. The number of rotatable bonds is 5. The Hall–Kier alpha value is -0.120. The lowest BCUT2D eigenvalue weighted by Crippen LogP contribution is -2.49. The highest BCUT2D eigenvalue weighted by molar-refractivity contribution is 4.97. The zero-order valence-electron chi connectivity index (χ0n) is 8.15. The van der Waals surface area contributed by atoms with Gasteiger partial charge in [0, 0.05) is 0 Å². The van der Waals surface area contributed by atoms with Crippen molar-refractivity contribution in [2.75, 3.05) is 21.1 Å². The third-order valence-electron chi connectivity index (χ3n) is 1.80. The van der Waals surface area contributed by atoms with Crippen molar-refractivity contribution in [2.24, 2.45) is 5.92 Å². The largest absolute Gasteiger partial charge is 0.310 e. The minimum atomic E-state index is 0.264. The molecule has 67 valence electrons. The molecule has 0 aromatic carbocycles. The first-order valence-corrected chi connectivity index (χ1v) is 4.06. The first-order chi connectivity index (χ1) is 5.17.